The van der Waals surface area contributed by atoms with Crippen LogP contribution in [0, 0.1) is 6.92 Å². The molecule has 2 atom stereocenters. The standard InChI is InChI=1S/C14H24N2O/c1-5-13(17-7-3)14(16-6-2)12-8-11(4)9-15-10-12/h8-10,13-14,16H,5-7H2,1-4H3. The molecule has 0 spiro atoms. The maximum atomic E-state index is 5.81. The van der Waals surface area contributed by atoms with Crippen LogP contribution in [0.15, 0.2) is 18.5 Å². The van der Waals surface area contributed by atoms with Crippen LogP contribution >= 0.6 is 0 Å². The van der Waals surface area contributed by atoms with E-state index in [0.29, 0.717) is 0 Å². The highest BCUT2D eigenvalue weighted by atomic mass is 16.5. The Balaban J connectivity index is 2.90. The molecule has 0 bridgehead atoms. The van der Waals surface area contributed by atoms with Gasteiger partial charge in [0.1, 0.15) is 0 Å². The molecule has 0 amide bonds. The van der Waals surface area contributed by atoms with E-state index in [1.165, 1.54) is 11.1 Å². The summed E-state index contributed by atoms with van der Waals surface area (Å²) in [6.07, 6.45) is 5.03. The van der Waals surface area contributed by atoms with Crippen LogP contribution in [0.5, 0.6) is 0 Å². The lowest BCUT2D eigenvalue weighted by Crippen LogP contribution is -2.33. The number of nitrogens with zero attached hydrogens (tertiary/aromatic N) is 1. The second-order valence-electron chi connectivity index (χ2n) is 4.23. The second-order valence-corrected chi connectivity index (χ2v) is 4.23. The Labute approximate surface area is 105 Å². The van der Waals surface area contributed by atoms with Gasteiger partial charge in [0.25, 0.3) is 0 Å². The Bertz CT molecular complexity index is 328. The van der Waals surface area contributed by atoms with E-state index in [9.17, 15) is 0 Å². The van der Waals surface area contributed by atoms with Crippen LogP contribution in [0.25, 0.3) is 0 Å². The SMILES string of the molecule is CCNC(c1cncc(C)c1)C(CC)OCC. The molecular weight excluding hydrogens is 212 g/mol. The number of likely N-dealkylation sites (N-methyl/N-ethyl adjacent to an activating group) is 1. The smallest absolute Gasteiger partial charge is 0.0767 e. The van der Waals surface area contributed by atoms with Crippen molar-refractivity contribution >= 4 is 0 Å². The molecule has 1 aromatic rings. The molecule has 0 aromatic carbocycles. The van der Waals surface area contributed by atoms with E-state index in [4.69, 9.17) is 4.74 Å². The van der Waals surface area contributed by atoms with E-state index in [2.05, 4.69) is 37.1 Å². The van der Waals surface area contributed by atoms with Crippen LogP contribution < -0.4 is 5.32 Å². The van der Waals surface area contributed by atoms with Crippen LogP contribution in [0.4, 0.5) is 0 Å². The molecule has 17 heavy (non-hydrogen) atoms. The average Bonchev–Trinajstić information content (AvgIpc) is 2.33. The summed E-state index contributed by atoms with van der Waals surface area (Å²) < 4.78 is 5.81. The van der Waals surface area contributed by atoms with E-state index < -0.39 is 0 Å². The highest BCUT2D eigenvalue weighted by Crippen LogP contribution is 2.21. The summed E-state index contributed by atoms with van der Waals surface area (Å²) in [5, 5.41) is 3.50. The third-order valence-corrected chi connectivity index (χ3v) is 2.83. The zero-order chi connectivity index (χ0) is 12.7. The van der Waals surface area contributed by atoms with Gasteiger partial charge >= 0.3 is 0 Å². The van der Waals surface area contributed by atoms with Gasteiger partial charge in [-0.2, -0.15) is 0 Å². The first-order valence-electron chi connectivity index (χ1n) is 6.49. The Hall–Kier alpha value is -0.930. The quantitative estimate of drug-likeness (QED) is 0.790. The summed E-state index contributed by atoms with van der Waals surface area (Å²) in [6, 6.07) is 2.42. The summed E-state index contributed by atoms with van der Waals surface area (Å²) >= 11 is 0. The van der Waals surface area contributed by atoms with Crippen LogP contribution in [0.2, 0.25) is 0 Å². The Morgan fingerprint density at radius 3 is 2.59 bits per heavy atom. The number of nitrogens with one attached hydrogen (secondary N) is 1. The number of aryl methyl sites for hydroxylation is 1. The van der Waals surface area contributed by atoms with Crippen molar-refractivity contribution < 1.29 is 4.74 Å². The number of rotatable bonds is 7. The van der Waals surface area contributed by atoms with Crippen molar-refractivity contribution in [3.05, 3.63) is 29.6 Å². The number of hydrogen-bond donors (Lipinski definition) is 1. The lowest BCUT2D eigenvalue weighted by molar-refractivity contribution is 0.0317. The van der Waals surface area contributed by atoms with E-state index in [1.54, 1.807) is 0 Å². The van der Waals surface area contributed by atoms with Gasteiger partial charge in [0, 0.05) is 19.0 Å². The maximum Gasteiger partial charge on any atom is 0.0767 e. The molecule has 96 valence electrons. The molecule has 1 heterocycles. The molecule has 0 aliphatic carbocycles. The fraction of sp³-hybridized carbons (Fsp3) is 0.643. The van der Waals surface area contributed by atoms with Gasteiger partial charge in [-0.1, -0.05) is 19.9 Å². The Morgan fingerprint density at radius 1 is 1.29 bits per heavy atom. The molecule has 1 aromatic heterocycles. The summed E-state index contributed by atoms with van der Waals surface area (Å²) in [7, 11) is 0. The van der Waals surface area contributed by atoms with Crippen molar-refractivity contribution in [2.75, 3.05) is 13.2 Å². The minimum atomic E-state index is 0.212. The van der Waals surface area contributed by atoms with Gasteiger partial charge in [-0.25, -0.2) is 0 Å². The Morgan fingerprint density at radius 2 is 2.06 bits per heavy atom. The van der Waals surface area contributed by atoms with Crippen molar-refractivity contribution in [1.29, 1.82) is 0 Å². The van der Waals surface area contributed by atoms with E-state index in [1.807, 2.05) is 19.3 Å². The third kappa shape index (κ3) is 4.10. The largest absolute Gasteiger partial charge is 0.377 e. The first kappa shape index (κ1) is 14.1. The van der Waals surface area contributed by atoms with E-state index >= 15 is 0 Å². The zero-order valence-electron chi connectivity index (χ0n) is 11.4. The van der Waals surface area contributed by atoms with Crippen LogP contribution in [-0.4, -0.2) is 24.2 Å². The van der Waals surface area contributed by atoms with Gasteiger partial charge in [0.15, 0.2) is 0 Å². The van der Waals surface area contributed by atoms with Crippen molar-refractivity contribution in [1.82, 2.24) is 10.3 Å². The van der Waals surface area contributed by atoms with Crippen molar-refractivity contribution in [3.8, 4) is 0 Å². The average molecular weight is 236 g/mol. The molecule has 3 heteroatoms. The molecule has 2 unspecified atom stereocenters. The predicted molar refractivity (Wildman–Crippen MR) is 71.1 cm³/mol. The highest BCUT2D eigenvalue weighted by molar-refractivity contribution is 5.21. The molecule has 0 saturated carbocycles. The molecular formula is C14H24N2O. The summed E-state index contributed by atoms with van der Waals surface area (Å²) in [5.41, 5.74) is 2.41. The molecule has 1 rings (SSSR count). The van der Waals surface area contributed by atoms with Gasteiger partial charge in [-0.3, -0.25) is 4.98 Å². The number of ether oxygens (including phenoxy) is 1. The van der Waals surface area contributed by atoms with Gasteiger partial charge in [-0.05, 0) is 37.9 Å². The van der Waals surface area contributed by atoms with Gasteiger partial charge in [0.2, 0.25) is 0 Å². The van der Waals surface area contributed by atoms with Crippen molar-refractivity contribution in [2.24, 2.45) is 0 Å². The molecule has 0 saturated heterocycles. The number of aromatic nitrogens is 1. The fourth-order valence-electron chi connectivity index (χ4n) is 2.10. The van der Waals surface area contributed by atoms with E-state index in [-0.39, 0.29) is 12.1 Å². The zero-order valence-corrected chi connectivity index (χ0v) is 11.4. The Kier molecular flexibility index (Phi) is 6.16. The second kappa shape index (κ2) is 7.41. The van der Waals surface area contributed by atoms with Crippen LogP contribution in [0.3, 0.4) is 0 Å². The molecule has 1 N–H and O–H groups in total. The minimum Gasteiger partial charge on any atom is -0.377 e. The monoisotopic (exact) mass is 236 g/mol. The molecule has 0 aliphatic rings. The molecule has 0 aliphatic heterocycles. The van der Waals surface area contributed by atoms with Gasteiger partial charge in [-0.15, -0.1) is 0 Å². The number of pyridine rings is 1. The third-order valence-electron chi connectivity index (χ3n) is 2.83. The van der Waals surface area contributed by atoms with Gasteiger partial charge in [0.05, 0.1) is 12.1 Å². The summed E-state index contributed by atoms with van der Waals surface area (Å²) in [4.78, 5) is 4.27. The first-order valence-corrected chi connectivity index (χ1v) is 6.49. The lowest BCUT2D eigenvalue weighted by Gasteiger charge is -2.27. The maximum absolute atomic E-state index is 5.81. The summed E-state index contributed by atoms with van der Waals surface area (Å²) in [6.45, 7) is 10.1. The topological polar surface area (TPSA) is 34.2 Å². The molecule has 0 fully saturated rings. The van der Waals surface area contributed by atoms with Gasteiger partial charge < -0.3 is 10.1 Å². The fourth-order valence-corrected chi connectivity index (χ4v) is 2.10. The molecule has 3 nitrogen and oxygen atoms in total. The summed E-state index contributed by atoms with van der Waals surface area (Å²) in [5.74, 6) is 0. The first-order chi connectivity index (χ1) is 8.22. The highest BCUT2D eigenvalue weighted by Gasteiger charge is 2.21. The van der Waals surface area contributed by atoms with Crippen LogP contribution in [-0.2, 0) is 4.74 Å². The number of hydrogen-bond acceptors (Lipinski definition) is 3. The predicted octanol–water partition coefficient (Wildman–Crippen LogP) is 2.86. The van der Waals surface area contributed by atoms with E-state index in [0.717, 1.165) is 19.6 Å². The van der Waals surface area contributed by atoms with Crippen molar-refractivity contribution in [3.63, 3.8) is 0 Å². The van der Waals surface area contributed by atoms with Crippen LogP contribution in [0.1, 0.15) is 44.4 Å². The normalized spacial score (nSPS) is 14.6. The molecule has 0 radical (unpaired) electrons. The lowest BCUT2D eigenvalue weighted by atomic mass is 10.00. The van der Waals surface area contributed by atoms with Crippen molar-refractivity contribution in [2.45, 2.75) is 46.3 Å². The minimum absolute atomic E-state index is 0.212.